The minimum Gasteiger partial charge on any atom is -0.481 e. The van der Waals surface area contributed by atoms with Crippen molar-refractivity contribution in [2.75, 3.05) is 39.3 Å². The fourth-order valence-corrected chi connectivity index (χ4v) is 1.86. The van der Waals surface area contributed by atoms with Crippen molar-refractivity contribution in [1.82, 2.24) is 15.1 Å². The maximum atomic E-state index is 12.1. The Hall–Kier alpha value is -1.30. The smallest absolute Gasteiger partial charge is 0.320 e. The van der Waals surface area contributed by atoms with Gasteiger partial charge in [-0.1, -0.05) is 0 Å². The highest BCUT2D eigenvalue weighted by atomic mass is 16.4. The first-order valence-corrected chi connectivity index (χ1v) is 6.11. The molecule has 2 amide bonds. The van der Waals surface area contributed by atoms with Gasteiger partial charge in [0.1, 0.15) is 0 Å². The van der Waals surface area contributed by atoms with E-state index in [1.54, 1.807) is 9.80 Å². The Labute approximate surface area is 102 Å². The Morgan fingerprint density at radius 1 is 1.35 bits per heavy atom. The van der Waals surface area contributed by atoms with E-state index in [1.165, 1.54) is 0 Å². The molecular formula is C11H21N3O3. The van der Waals surface area contributed by atoms with E-state index >= 15 is 0 Å². The molecule has 0 aromatic carbocycles. The molecule has 0 atom stereocenters. The first-order valence-electron chi connectivity index (χ1n) is 6.11. The number of hydrogen-bond acceptors (Lipinski definition) is 3. The molecule has 17 heavy (non-hydrogen) atoms. The highest BCUT2D eigenvalue weighted by Gasteiger charge is 2.20. The summed E-state index contributed by atoms with van der Waals surface area (Å²) in [6, 6.07) is -0.0440. The van der Waals surface area contributed by atoms with Crippen LogP contribution < -0.4 is 5.32 Å². The van der Waals surface area contributed by atoms with E-state index < -0.39 is 5.97 Å². The number of hydrogen-bond donors (Lipinski definition) is 2. The van der Waals surface area contributed by atoms with E-state index in [0.29, 0.717) is 13.1 Å². The van der Waals surface area contributed by atoms with E-state index in [2.05, 4.69) is 5.32 Å². The van der Waals surface area contributed by atoms with Gasteiger partial charge in [-0.15, -0.1) is 0 Å². The zero-order chi connectivity index (χ0) is 12.7. The molecule has 0 aromatic heterocycles. The van der Waals surface area contributed by atoms with Crippen molar-refractivity contribution >= 4 is 12.0 Å². The van der Waals surface area contributed by atoms with Crippen LogP contribution in [0, 0.1) is 0 Å². The summed E-state index contributed by atoms with van der Waals surface area (Å²) >= 11 is 0. The molecule has 1 fully saturated rings. The van der Waals surface area contributed by atoms with Gasteiger partial charge in [0.05, 0.1) is 6.42 Å². The summed E-state index contributed by atoms with van der Waals surface area (Å²) in [7, 11) is 0. The lowest BCUT2D eigenvalue weighted by Crippen LogP contribution is -2.45. The average molecular weight is 243 g/mol. The van der Waals surface area contributed by atoms with Crippen LogP contribution in [0.25, 0.3) is 0 Å². The van der Waals surface area contributed by atoms with E-state index in [4.69, 9.17) is 5.11 Å². The number of aliphatic carboxylic acids is 1. The van der Waals surface area contributed by atoms with Gasteiger partial charge in [-0.3, -0.25) is 4.79 Å². The molecule has 1 aliphatic rings. The summed E-state index contributed by atoms with van der Waals surface area (Å²) < 4.78 is 0. The van der Waals surface area contributed by atoms with E-state index in [-0.39, 0.29) is 19.0 Å². The van der Waals surface area contributed by atoms with Crippen LogP contribution in [0.15, 0.2) is 0 Å². The molecule has 2 N–H and O–H groups in total. The number of carbonyl (C=O) groups excluding carboxylic acids is 1. The van der Waals surface area contributed by atoms with Crippen LogP contribution >= 0.6 is 0 Å². The van der Waals surface area contributed by atoms with Crippen LogP contribution in [-0.4, -0.2) is 66.2 Å². The molecule has 0 saturated carbocycles. The van der Waals surface area contributed by atoms with Crippen LogP contribution in [0.2, 0.25) is 0 Å². The molecule has 1 rings (SSSR count). The highest BCUT2D eigenvalue weighted by molar-refractivity contribution is 5.75. The molecule has 0 unspecified atom stereocenters. The lowest BCUT2D eigenvalue weighted by atomic mass is 10.3. The first kappa shape index (κ1) is 13.8. The molecule has 1 saturated heterocycles. The van der Waals surface area contributed by atoms with Gasteiger partial charge in [-0.2, -0.15) is 0 Å². The summed E-state index contributed by atoms with van der Waals surface area (Å²) in [4.78, 5) is 26.0. The second-order valence-electron chi connectivity index (χ2n) is 4.10. The summed E-state index contributed by atoms with van der Waals surface area (Å²) in [6.07, 6.45) is 0.952. The molecule has 6 nitrogen and oxygen atoms in total. The van der Waals surface area contributed by atoms with Gasteiger partial charge in [0, 0.05) is 32.7 Å². The number of carboxylic acid groups (broad SMARTS) is 1. The number of amides is 2. The van der Waals surface area contributed by atoms with E-state index in [9.17, 15) is 9.59 Å². The number of urea groups is 1. The average Bonchev–Trinajstić information content (AvgIpc) is 2.57. The van der Waals surface area contributed by atoms with Crippen molar-refractivity contribution in [3.63, 3.8) is 0 Å². The van der Waals surface area contributed by atoms with Crippen molar-refractivity contribution in [3.05, 3.63) is 0 Å². The summed E-state index contributed by atoms with van der Waals surface area (Å²) in [5, 5.41) is 11.9. The Kier molecular flexibility index (Phi) is 5.76. The van der Waals surface area contributed by atoms with Crippen LogP contribution in [0.4, 0.5) is 4.79 Å². The zero-order valence-corrected chi connectivity index (χ0v) is 10.3. The van der Waals surface area contributed by atoms with Crippen LogP contribution in [0.3, 0.4) is 0 Å². The zero-order valence-electron chi connectivity index (χ0n) is 10.3. The monoisotopic (exact) mass is 243 g/mol. The van der Waals surface area contributed by atoms with Crippen molar-refractivity contribution in [3.8, 4) is 0 Å². The minimum atomic E-state index is -0.867. The minimum absolute atomic E-state index is 0.00562. The predicted molar refractivity (Wildman–Crippen MR) is 64.0 cm³/mol. The SMILES string of the molecule is CCN(CCC(=O)O)C(=O)N1CCCNCC1. The molecule has 1 heterocycles. The van der Waals surface area contributed by atoms with Crippen molar-refractivity contribution in [2.24, 2.45) is 0 Å². The number of carbonyl (C=O) groups is 2. The summed E-state index contributed by atoms with van der Waals surface area (Å²) in [6.45, 7) is 5.89. The van der Waals surface area contributed by atoms with E-state index in [1.807, 2.05) is 6.92 Å². The molecule has 98 valence electrons. The number of nitrogens with zero attached hydrogens (tertiary/aromatic N) is 2. The van der Waals surface area contributed by atoms with Crippen molar-refractivity contribution in [1.29, 1.82) is 0 Å². The maximum Gasteiger partial charge on any atom is 0.320 e. The van der Waals surface area contributed by atoms with Gasteiger partial charge >= 0.3 is 12.0 Å². The lowest BCUT2D eigenvalue weighted by molar-refractivity contribution is -0.137. The molecule has 1 aliphatic heterocycles. The molecule has 0 aliphatic carbocycles. The topological polar surface area (TPSA) is 72.9 Å². The molecule has 6 heteroatoms. The second-order valence-corrected chi connectivity index (χ2v) is 4.10. The first-order chi connectivity index (χ1) is 8.15. The van der Waals surface area contributed by atoms with Crippen LogP contribution in [0.1, 0.15) is 19.8 Å². The number of nitrogens with one attached hydrogen (secondary N) is 1. The summed E-state index contributed by atoms with van der Waals surface area (Å²) in [5.74, 6) is -0.867. The molecule has 0 aromatic rings. The Morgan fingerprint density at radius 2 is 2.12 bits per heavy atom. The largest absolute Gasteiger partial charge is 0.481 e. The third kappa shape index (κ3) is 4.60. The molecule has 0 spiro atoms. The van der Waals surface area contributed by atoms with Gasteiger partial charge in [-0.25, -0.2) is 4.79 Å². The summed E-state index contributed by atoms with van der Waals surface area (Å²) in [5.41, 5.74) is 0. The third-order valence-corrected chi connectivity index (χ3v) is 2.86. The second kappa shape index (κ2) is 7.11. The van der Waals surface area contributed by atoms with Crippen LogP contribution in [0.5, 0.6) is 0 Å². The number of carboxylic acids is 1. The predicted octanol–water partition coefficient (Wildman–Crippen LogP) is 0.198. The number of rotatable bonds is 4. The third-order valence-electron chi connectivity index (χ3n) is 2.86. The molecule has 0 radical (unpaired) electrons. The quantitative estimate of drug-likeness (QED) is 0.739. The fraction of sp³-hybridized carbons (Fsp3) is 0.818. The fourth-order valence-electron chi connectivity index (χ4n) is 1.86. The van der Waals surface area contributed by atoms with Gasteiger partial charge in [-0.05, 0) is 19.9 Å². The van der Waals surface area contributed by atoms with Crippen molar-refractivity contribution < 1.29 is 14.7 Å². The normalized spacial score (nSPS) is 16.4. The van der Waals surface area contributed by atoms with Gasteiger partial charge in [0.15, 0.2) is 0 Å². The maximum absolute atomic E-state index is 12.1. The Bertz CT molecular complexity index is 263. The molecular weight excluding hydrogens is 222 g/mol. The van der Waals surface area contributed by atoms with Gasteiger partial charge in [0.25, 0.3) is 0 Å². The Morgan fingerprint density at radius 3 is 2.76 bits per heavy atom. The van der Waals surface area contributed by atoms with Gasteiger partial charge in [0.2, 0.25) is 0 Å². The Balaban J connectivity index is 2.48. The molecule has 0 bridgehead atoms. The van der Waals surface area contributed by atoms with E-state index in [0.717, 1.165) is 26.1 Å². The van der Waals surface area contributed by atoms with Crippen LogP contribution in [-0.2, 0) is 4.79 Å². The highest BCUT2D eigenvalue weighted by Crippen LogP contribution is 2.03. The lowest BCUT2D eigenvalue weighted by Gasteiger charge is -2.28. The van der Waals surface area contributed by atoms with Crippen molar-refractivity contribution in [2.45, 2.75) is 19.8 Å². The van der Waals surface area contributed by atoms with Gasteiger partial charge < -0.3 is 20.2 Å². The standard InChI is InChI=1S/C11H21N3O3/c1-2-13(8-4-10(15)16)11(17)14-7-3-5-12-6-9-14/h12H,2-9H2,1H3,(H,15,16).